The molecule has 0 aliphatic heterocycles. The van der Waals surface area contributed by atoms with Crippen molar-refractivity contribution in [3.8, 4) is 0 Å². The van der Waals surface area contributed by atoms with Gasteiger partial charge in [0.15, 0.2) is 0 Å². The third-order valence-corrected chi connectivity index (χ3v) is 15.8. The van der Waals surface area contributed by atoms with Crippen LogP contribution in [0.25, 0.3) is 0 Å². The van der Waals surface area contributed by atoms with E-state index in [0.717, 1.165) is 46.9 Å². The maximum absolute atomic E-state index is 3.90. The standard InChI is InChI=1S/C16H8Br10/c1-4(9(19)5-2-7(17)13(23)15(25)11(5)21)10(20)6-3-8(18)14(24)16(26)12(6)22/h2-4,9-10H,1H3. The summed E-state index contributed by atoms with van der Waals surface area (Å²) in [5, 5.41) is 0. The maximum Gasteiger partial charge on any atom is 0.0474 e. The quantitative estimate of drug-likeness (QED) is 0.163. The van der Waals surface area contributed by atoms with Crippen molar-refractivity contribution in [2.24, 2.45) is 5.92 Å². The number of hydrogen-bond donors (Lipinski definition) is 0. The van der Waals surface area contributed by atoms with Gasteiger partial charge in [-0.1, -0.05) is 38.8 Å². The van der Waals surface area contributed by atoms with Crippen molar-refractivity contribution in [3.63, 3.8) is 0 Å². The molecular weight excluding hydrogens is 991 g/mol. The summed E-state index contributed by atoms with van der Waals surface area (Å²) in [4.78, 5) is 0.241. The summed E-state index contributed by atoms with van der Waals surface area (Å²) in [5.41, 5.74) is 2.32. The Morgan fingerprint density at radius 2 is 0.846 bits per heavy atom. The Labute approximate surface area is 237 Å². The first-order chi connectivity index (χ1) is 12.0. The zero-order valence-corrected chi connectivity index (χ0v) is 28.5. The Balaban J connectivity index is 2.45. The molecule has 0 nitrogen and oxygen atoms in total. The van der Waals surface area contributed by atoms with Gasteiger partial charge < -0.3 is 0 Å². The van der Waals surface area contributed by atoms with Crippen molar-refractivity contribution >= 4 is 159 Å². The van der Waals surface area contributed by atoms with E-state index in [1.807, 2.05) is 0 Å². The van der Waals surface area contributed by atoms with Crippen molar-refractivity contribution in [3.05, 3.63) is 59.0 Å². The van der Waals surface area contributed by atoms with Gasteiger partial charge in [-0.2, -0.15) is 0 Å². The smallest absolute Gasteiger partial charge is 0.0474 e. The van der Waals surface area contributed by atoms with Gasteiger partial charge in [-0.05, 0) is 157 Å². The molecule has 0 spiro atoms. The van der Waals surface area contributed by atoms with Gasteiger partial charge in [-0.15, -0.1) is 0 Å². The van der Waals surface area contributed by atoms with Crippen LogP contribution in [0.5, 0.6) is 0 Å². The van der Waals surface area contributed by atoms with E-state index in [1.54, 1.807) is 0 Å². The Hall–Kier alpha value is 3.24. The summed E-state index contributed by atoms with van der Waals surface area (Å²) >= 11 is 36.9. The summed E-state index contributed by atoms with van der Waals surface area (Å²) in [6.45, 7) is 2.21. The zero-order chi connectivity index (χ0) is 19.9. The summed E-state index contributed by atoms with van der Waals surface area (Å²) in [5.74, 6) is 0.252. The second-order valence-corrected chi connectivity index (χ2v) is 13.9. The van der Waals surface area contributed by atoms with Gasteiger partial charge in [0.1, 0.15) is 0 Å². The highest BCUT2D eigenvalue weighted by atomic mass is 79.9. The van der Waals surface area contributed by atoms with Crippen LogP contribution in [0.15, 0.2) is 47.9 Å². The molecule has 142 valence electrons. The summed E-state index contributed by atoms with van der Waals surface area (Å²) in [7, 11) is 0. The van der Waals surface area contributed by atoms with Crippen molar-refractivity contribution in [1.82, 2.24) is 0 Å². The first kappa shape index (κ1) is 25.5. The van der Waals surface area contributed by atoms with Gasteiger partial charge in [-0.3, -0.25) is 0 Å². The molecule has 2 atom stereocenters. The molecule has 2 aromatic rings. The first-order valence-corrected chi connectivity index (χ1v) is 15.1. The van der Waals surface area contributed by atoms with Gasteiger partial charge in [-0.25, -0.2) is 0 Å². The average Bonchev–Trinajstić information content (AvgIpc) is 2.62. The van der Waals surface area contributed by atoms with E-state index in [0.29, 0.717) is 0 Å². The summed E-state index contributed by atoms with van der Waals surface area (Å²) in [6.07, 6.45) is 0. The second kappa shape index (κ2) is 10.7. The van der Waals surface area contributed by atoms with Crippen molar-refractivity contribution in [2.45, 2.75) is 16.6 Å². The van der Waals surface area contributed by atoms with Crippen LogP contribution in [0.4, 0.5) is 0 Å². The Kier molecular flexibility index (Phi) is 10.5. The lowest BCUT2D eigenvalue weighted by atomic mass is 9.94. The van der Waals surface area contributed by atoms with Crippen molar-refractivity contribution in [1.29, 1.82) is 0 Å². The van der Waals surface area contributed by atoms with Gasteiger partial charge in [0, 0.05) is 45.4 Å². The molecule has 26 heavy (non-hydrogen) atoms. The Morgan fingerprint density at radius 3 is 1.15 bits per heavy atom. The molecule has 0 fully saturated rings. The molecule has 2 aromatic carbocycles. The topological polar surface area (TPSA) is 0 Å². The van der Waals surface area contributed by atoms with Crippen LogP contribution in [-0.4, -0.2) is 0 Å². The molecule has 0 radical (unpaired) electrons. The van der Waals surface area contributed by atoms with E-state index >= 15 is 0 Å². The molecule has 0 bridgehead atoms. The molecule has 2 unspecified atom stereocenters. The van der Waals surface area contributed by atoms with Crippen molar-refractivity contribution in [2.75, 3.05) is 0 Å². The molecule has 0 aliphatic carbocycles. The minimum Gasteiger partial charge on any atom is -0.0835 e. The lowest BCUT2D eigenvalue weighted by molar-refractivity contribution is 0.564. The van der Waals surface area contributed by atoms with Crippen LogP contribution in [0, 0.1) is 5.92 Å². The molecule has 0 saturated heterocycles. The average molecular weight is 999 g/mol. The van der Waals surface area contributed by atoms with Crippen LogP contribution in [0.3, 0.4) is 0 Å². The number of alkyl halides is 2. The number of halogens is 10. The lowest BCUT2D eigenvalue weighted by Crippen LogP contribution is -2.12. The van der Waals surface area contributed by atoms with Gasteiger partial charge in [0.05, 0.1) is 0 Å². The molecule has 0 heterocycles. The van der Waals surface area contributed by atoms with E-state index in [9.17, 15) is 0 Å². The largest absolute Gasteiger partial charge is 0.0835 e. The highest BCUT2D eigenvalue weighted by Gasteiger charge is 2.30. The Morgan fingerprint density at radius 1 is 0.538 bits per heavy atom. The van der Waals surface area contributed by atoms with E-state index in [1.165, 1.54) is 0 Å². The lowest BCUT2D eigenvalue weighted by Gasteiger charge is -2.27. The molecular formula is C16H8Br10. The van der Waals surface area contributed by atoms with Gasteiger partial charge in [0.25, 0.3) is 0 Å². The zero-order valence-electron chi connectivity index (χ0n) is 12.7. The Bertz CT molecular complexity index is 778. The summed E-state index contributed by atoms with van der Waals surface area (Å²) in [6, 6.07) is 4.24. The van der Waals surface area contributed by atoms with Crippen LogP contribution < -0.4 is 0 Å². The van der Waals surface area contributed by atoms with Crippen LogP contribution in [-0.2, 0) is 0 Å². The fourth-order valence-corrected chi connectivity index (χ4v) is 9.24. The summed E-state index contributed by atoms with van der Waals surface area (Å²) < 4.78 is 8.00. The highest BCUT2D eigenvalue weighted by molar-refractivity contribution is 9.16. The van der Waals surface area contributed by atoms with Crippen LogP contribution >= 0.6 is 159 Å². The van der Waals surface area contributed by atoms with Crippen LogP contribution in [0.1, 0.15) is 27.7 Å². The SMILES string of the molecule is CC(C(Br)c1cc(Br)c(Br)c(Br)c1Br)C(Br)c1cc(Br)c(Br)c(Br)c1Br. The third-order valence-electron chi connectivity index (χ3n) is 3.78. The monoisotopic (exact) mass is 989 g/mol. The molecule has 0 N–H and O–H groups in total. The maximum atomic E-state index is 3.90. The van der Waals surface area contributed by atoms with Crippen LogP contribution in [0.2, 0.25) is 0 Å². The van der Waals surface area contributed by atoms with E-state index < -0.39 is 0 Å². The van der Waals surface area contributed by atoms with E-state index in [2.05, 4.69) is 178 Å². The molecule has 0 aromatic heterocycles. The van der Waals surface area contributed by atoms with E-state index in [4.69, 9.17) is 0 Å². The second-order valence-electron chi connectivity index (χ2n) is 5.44. The van der Waals surface area contributed by atoms with E-state index in [-0.39, 0.29) is 15.6 Å². The molecule has 10 heteroatoms. The molecule has 0 saturated carbocycles. The number of hydrogen-bond acceptors (Lipinski definition) is 0. The third kappa shape index (κ3) is 5.34. The number of benzene rings is 2. The molecule has 2 rings (SSSR count). The first-order valence-electron chi connectivity index (χ1n) is 6.92. The normalized spacial score (nSPS) is 15.0. The molecule has 0 amide bonds. The number of rotatable bonds is 4. The van der Waals surface area contributed by atoms with Gasteiger partial charge in [0.2, 0.25) is 0 Å². The predicted molar refractivity (Wildman–Crippen MR) is 147 cm³/mol. The minimum atomic E-state index is 0.120. The van der Waals surface area contributed by atoms with Gasteiger partial charge >= 0.3 is 0 Å². The highest BCUT2D eigenvalue weighted by Crippen LogP contribution is 2.51. The fraction of sp³-hybridized carbons (Fsp3) is 0.250. The van der Waals surface area contributed by atoms with Crippen molar-refractivity contribution < 1.29 is 0 Å². The fourth-order valence-electron chi connectivity index (χ4n) is 2.30. The minimum absolute atomic E-state index is 0.120. The molecule has 0 aliphatic rings. The predicted octanol–water partition coefficient (Wildman–Crippen LogP) is 12.0.